The van der Waals surface area contributed by atoms with Crippen molar-refractivity contribution in [1.29, 1.82) is 0 Å². The average molecular weight is 366 g/mol. The Morgan fingerprint density at radius 1 is 0.963 bits per heavy atom. The summed E-state index contributed by atoms with van der Waals surface area (Å²) in [6.07, 6.45) is 0.790. The summed E-state index contributed by atoms with van der Waals surface area (Å²) in [5.74, 6) is 1.73. The summed E-state index contributed by atoms with van der Waals surface area (Å²) in [6.45, 7) is 0. The molecule has 7 nitrogen and oxygen atoms in total. The molecule has 0 unspecified atom stereocenters. The molecule has 0 saturated heterocycles. The third kappa shape index (κ3) is 4.09. The van der Waals surface area contributed by atoms with Gasteiger partial charge >= 0.3 is 6.09 Å². The van der Waals surface area contributed by atoms with Gasteiger partial charge in [-0.05, 0) is 18.2 Å². The molecular formula is C20H18N2O5. The molecule has 0 fully saturated rings. The number of aromatic nitrogens is 1. The van der Waals surface area contributed by atoms with Crippen molar-refractivity contribution in [2.24, 2.45) is 12.8 Å². The number of primary amides is 1. The lowest BCUT2D eigenvalue weighted by Gasteiger charge is -2.15. The lowest BCUT2D eigenvalue weighted by atomic mass is 10.1. The topological polar surface area (TPSA) is 92.8 Å². The number of nitrogens with zero attached hydrogens (tertiary/aromatic N) is 1. The highest BCUT2D eigenvalue weighted by atomic mass is 16.5. The van der Waals surface area contributed by atoms with E-state index in [0.717, 1.165) is 5.56 Å². The first-order valence-corrected chi connectivity index (χ1v) is 8.07. The Bertz CT molecular complexity index is 1040. The highest BCUT2D eigenvalue weighted by molar-refractivity contribution is 5.75. The summed E-state index contributed by atoms with van der Waals surface area (Å²) in [6, 6.07) is 15.3. The van der Waals surface area contributed by atoms with Crippen molar-refractivity contribution in [2.45, 2.75) is 0 Å². The number of pyridine rings is 1. The third-order valence-corrected chi connectivity index (χ3v) is 3.84. The summed E-state index contributed by atoms with van der Waals surface area (Å²) in [5.41, 5.74) is 6.32. The van der Waals surface area contributed by atoms with Crippen LogP contribution >= 0.6 is 0 Å². The van der Waals surface area contributed by atoms with E-state index in [2.05, 4.69) is 0 Å². The molecule has 0 aliphatic heterocycles. The molecule has 3 rings (SSSR count). The van der Waals surface area contributed by atoms with Gasteiger partial charge in [-0.15, -0.1) is 0 Å². The number of para-hydroxylation sites is 1. The number of nitrogens with two attached hydrogens (primary N) is 1. The number of benzene rings is 2. The van der Waals surface area contributed by atoms with Crippen LogP contribution in [0.2, 0.25) is 0 Å². The molecule has 0 spiro atoms. The van der Waals surface area contributed by atoms with Crippen molar-refractivity contribution < 1.29 is 19.0 Å². The largest absolute Gasteiger partial charge is 0.496 e. The smallest absolute Gasteiger partial charge is 0.409 e. The van der Waals surface area contributed by atoms with Crippen LogP contribution in [0.4, 0.5) is 4.79 Å². The third-order valence-electron chi connectivity index (χ3n) is 3.84. The molecule has 0 aliphatic carbocycles. The van der Waals surface area contributed by atoms with Crippen molar-refractivity contribution >= 4 is 6.09 Å². The first-order valence-electron chi connectivity index (χ1n) is 8.07. The van der Waals surface area contributed by atoms with Crippen molar-refractivity contribution in [3.63, 3.8) is 0 Å². The number of hydrogen-bond donors (Lipinski definition) is 1. The maximum absolute atomic E-state index is 11.9. The highest BCUT2D eigenvalue weighted by Gasteiger charge is 2.14. The van der Waals surface area contributed by atoms with E-state index in [1.807, 2.05) is 18.2 Å². The fraction of sp³-hybridized carbons (Fsp3) is 0.100. The Morgan fingerprint density at radius 2 is 1.70 bits per heavy atom. The van der Waals surface area contributed by atoms with E-state index in [-0.39, 0.29) is 11.3 Å². The summed E-state index contributed by atoms with van der Waals surface area (Å²) in [4.78, 5) is 22.8. The van der Waals surface area contributed by atoms with E-state index in [9.17, 15) is 9.59 Å². The number of methoxy groups -OCH3 is 1. The van der Waals surface area contributed by atoms with Crippen LogP contribution in [0.5, 0.6) is 23.0 Å². The van der Waals surface area contributed by atoms with Gasteiger partial charge in [0.2, 0.25) is 0 Å². The molecular weight excluding hydrogens is 348 g/mol. The second kappa shape index (κ2) is 7.65. The van der Waals surface area contributed by atoms with Gasteiger partial charge in [-0.25, -0.2) is 4.79 Å². The Kier molecular flexibility index (Phi) is 5.12. The van der Waals surface area contributed by atoms with E-state index < -0.39 is 6.09 Å². The number of rotatable bonds is 5. The molecule has 2 N–H and O–H groups in total. The molecule has 0 aliphatic rings. The zero-order chi connectivity index (χ0) is 19.4. The molecule has 138 valence electrons. The molecule has 0 radical (unpaired) electrons. The van der Waals surface area contributed by atoms with Gasteiger partial charge in [0.25, 0.3) is 5.56 Å². The maximum Gasteiger partial charge on any atom is 0.409 e. The zero-order valence-corrected chi connectivity index (χ0v) is 14.8. The predicted octanol–water partition coefficient (Wildman–Crippen LogP) is 3.31. The molecule has 7 heteroatoms. The van der Waals surface area contributed by atoms with Crippen LogP contribution in [0.1, 0.15) is 0 Å². The van der Waals surface area contributed by atoms with E-state index in [1.54, 1.807) is 43.6 Å². The van der Waals surface area contributed by atoms with E-state index >= 15 is 0 Å². The summed E-state index contributed by atoms with van der Waals surface area (Å²) in [5, 5.41) is 0. The standard InChI is InChI=1S/C20H18N2O5/c1-22-12-16(18(25-2)11-19(22)23)15-8-3-4-9-17(15)26-13-6-5-7-14(10-13)27-20(21)24/h3-12H,1-2H3,(H2,21,24). The van der Waals surface area contributed by atoms with Gasteiger partial charge in [-0.1, -0.05) is 24.3 Å². The van der Waals surface area contributed by atoms with Crippen LogP contribution in [0, 0.1) is 0 Å². The van der Waals surface area contributed by atoms with Gasteiger partial charge in [0.1, 0.15) is 23.0 Å². The van der Waals surface area contributed by atoms with Gasteiger partial charge in [0, 0.05) is 36.5 Å². The summed E-state index contributed by atoms with van der Waals surface area (Å²) >= 11 is 0. The molecule has 1 aromatic heterocycles. The molecule has 2 aromatic carbocycles. The van der Waals surface area contributed by atoms with Gasteiger partial charge in [-0.3, -0.25) is 4.79 Å². The van der Waals surface area contributed by atoms with Crippen LogP contribution in [-0.4, -0.2) is 17.8 Å². The number of carbonyl (C=O) groups is 1. The molecule has 0 bridgehead atoms. The van der Waals surface area contributed by atoms with Crippen LogP contribution < -0.4 is 25.5 Å². The van der Waals surface area contributed by atoms with E-state index in [1.165, 1.54) is 17.7 Å². The van der Waals surface area contributed by atoms with Gasteiger partial charge in [0.15, 0.2) is 0 Å². The monoisotopic (exact) mass is 366 g/mol. The highest BCUT2D eigenvalue weighted by Crippen LogP contribution is 2.37. The van der Waals surface area contributed by atoms with Crippen molar-refractivity contribution in [3.8, 4) is 34.1 Å². The number of ether oxygens (including phenoxy) is 3. The first-order chi connectivity index (χ1) is 13.0. The molecule has 0 atom stereocenters. The van der Waals surface area contributed by atoms with Crippen LogP contribution in [0.15, 0.2) is 65.6 Å². The molecule has 1 heterocycles. The Labute approximate surface area is 155 Å². The summed E-state index contributed by atoms with van der Waals surface area (Å²) in [7, 11) is 3.17. The van der Waals surface area contributed by atoms with Crippen LogP contribution in [0.3, 0.4) is 0 Å². The Hall–Kier alpha value is -3.74. The second-order valence-corrected chi connectivity index (χ2v) is 5.70. The minimum Gasteiger partial charge on any atom is -0.496 e. The van der Waals surface area contributed by atoms with Gasteiger partial charge < -0.3 is 24.5 Å². The van der Waals surface area contributed by atoms with Crippen molar-refractivity contribution in [1.82, 2.24) is 4.57 Å². The molecule has 27 heavy (non-hydrogen) atoms. The SMILES string of the molecule is COc1cc(=O)n(C)cc1-c1ccccc1Oc1cccc(OC(N)=O)c1. The number of carbonyl (C=O) groups excluding carboxylic acids is 1. The number of amides is 1. The van der Waals surface area contributed by atoms with Crippen LogP contribution in [0.25, 0.3) is 11.1 Å². The molecule has 3 aromatic rings. The maximum atomic E-state index is 11.9. The Morgan fingerprint density at radius 3 is 2.44 bits per heavy atom. The van der Waals surface area contributed by atoms with Crippen molar-refractivity contribution in [3.05, 3.63) is 71.1 Å². The zero-order valence-electron chi connectivity index (χ0n) is 14.8. The normalized spacial score (nSPS) is 10.3. The molecule has 0 saturated carbocycles. The Balaban J connectivity index is 2.02. The van der Waals surface area contributed by atoms with E-state index in [0.29, 0.717) is 22.8 Å². The van der Waals surface area contributed by atoms with Crippen molar-refractivity contribution in [2.75, 3.05) is 7.11 Å². The minimum absolute atomic E-state index is 0.176. The van der Waals surface area contributed by atoms with Gasteiger partial charge in [0.05, 0.1) is 7.11 Å². The molecule has 1 amide bonds. The average Bonchev–Trinajstić information content (AvgIpc) is 2.64. The van der Waals surface area contributed by atoms with Crippen LogP contribution in [-0.2, 0) is 7.05 Å². The minimum atomic E-state index is -0.900. The van der Waals surface area contributed by atoms with E-state index in [4.69, 9.17) is 19.9 Å². The predicted molar refractivity (Wildman–Crippen MR) is 100 cm³/mol. The second-order valence-electron chi connectivity index (χ2n) is 5.70. The lowest BCUT2D eigenvalue weighted by molar-refractivity contribution is 0.211. The van der Waals surface area contributed by atoms with Gasteiger partial charge in [-0.2, -0.15) is 0 Å². The lowest BCUT2D eigenvalue weighted by Crippen LogP contribution is -2.16. The number of hydrogen-bond acceptors (Lipinski definition) is 5. The summed E-state index contributed by atoms with van der Waals surface area (Å²) < 4.78 is 17.7. The number of aryl methyl sites for hydroxylation is 1. The first kappa shape index (κ1) is 18.1. The quantitative estimate of drug-likeness (QED) is 0.748. The fourth-order valence-corrected chi connectivity index (χ4v) is 2.61. The fourth-order valence-electron chi connectivity index (χ4n) is 2.61.